The van der Waals surface area contributed by atoms with Crippen LogP contribution in [0.4, 0.5) is 0 Å². The molecule has 0 rings (SSSR count). The lowest BCUT2D eigenvalue weighted by Gasteiger charge is -2.18. The lowest BCUT2D eigenvalue weighted by atomic mass is 10.2. The summed E-state index contributed by atoms with van der Waals surface area (Å²) >= 11 is 1.56. The van der Waals surface area contributed by atoms with Crippen molar-refractivity contribution in [2.24, 2.45) is 5.73 Å². The second-order valence-corrected chi connectivity index (χ2v) is 6.10. The van der Waals surface area contributed by atoms with Crippen LogP contribution in [-0.2, 0) is 9.36 Å². The van der Waals surface area contributed by atoms with Gasteiger partial charge in [0, 0.05) is 0 Å². The summed E-state index contributed by atoms with van der Waals surface area (Å²) in [6.45, 7) is 1.25. The minimum Gasteiger partial charge on any atom is -0.341 e. The first-order chi connectivity index (χ1) is 6.79. The van der Waals surface area contributed by atoms with Crippen molar-refractivity contribution in [3.63, 3.8) is 0 Å². The minimum absolute atomic E-state index is 0.487. The third-order valence-electron chi connectivity index (χ3n) is 1.83. The number of rotatable bonds is 6. The van der Waals surface area contributed by atoms with Crippen LogP contribution < -0.4 is 11.1 Å². The zero-order valence-corrected chi connectivity index (χ0v) is 10.4. The van der Waals surface area contributed by atoms with Crippen LogP contribution in [0.3, 0.4) is 0 Å². The molecule has 0 saturated heterocycles. The molecule has 0 fully saturated rings. The Hall–Kier alpha value is -0.0700. The first-order valence-electron chi connectivity index (χ1n) is 4.39. The quantitative estimate of drug-likeness (QED) is 0.486. The van der Waals surface area contributed by atoms with Crippen LogP contribution in [0.15, 0.2) is 0 Å². The smallest absolute Gasteiger partial charge is 0.341 e. The van der Waals surface area contributed by atoms with Crippen molar-refractivity contribution < 1.29 is 19.1 Å². The van der Waals surface area contributed by atoms with Gasteiger partial charge in [0.15, 0.2) is 0 Å². The Morgan fingerprint density at radius 2 is 2.13 bits per heavy atom. The van der Waals surface area contributed by atoms with Crippen LogP contribution in [0.25, 0.3) is 0 Å². The van der Waals surface area contributed by atoms with Crippen LogP contribution in [0.2, 0.25) is 0 Å². The lowest BCUT2D eigenvalue weighted by Crippen LogP contribution is -2.44. The second-order valence-electron chi connectivity index (χ2n) is 3.16. The van der Waals surface area contributed by atoms with Crippen molar-refractivity contribution in [3.05, 3.63) is 0 Å². The summed E-state index contributed by atoms with van der Waals surface area (Å²) in [7, 11) is -4.27. The summed E-state index contributed by atoms with van der Waals surface area (Å²) < 4.78 is 10.7. The highest BCUT2D eigenvalue weighted by atomic mass is 32.2. The molecule has 0 aromatic carbocycles. The molecular weight excluding hydrogens is 239 g/mol. The van der Waals surface area contributed by atoms with Crippen LogP contribution in [-0.4, -0.2) is 39.5 Å². The van der Waals surface area contributed by atoms with E-state index in [1.165, 1.54) is 6.92 Å². The fourth-order valence-corrected chi connectivity index (χ4v) is 1.56. The number of hydrogen-bond donors (Lipinski definition) is 4. The molecule has 0 heterocycles. The van der Waals surface area contributed by atoms with Gasteiger partial charge in [-0.05, 0) is 25.4 Å². The number of amides is 1. The highest BCUT2D eigenvalue weighted by Gasteiger charge is 2.27. The molecule has 0 aliphatic rings. The van der Waals surface area contributed by atoms with Gasteiger partial charge >= 0.3 is 7.60 Å². The number of carbonyl (C=O) groups excluding carboxylic acids is 1. The molecule has 90 valence electrons. The van der Waals surface area contributed by atoms with Crippen LogP contribution >= 0.6 is 19.4 Å². The molecule has 2 atom stereocenters. The zero-order valence-electron chi connectivity index (χ0n) is 8.71. The highest BCUT2D eigenvalue weighted by Crippen LogP contribution is 2.39. The van der Waals surface area contributed by atoms with Gasteiger partial charge in [0.2, 0.25) is 5.91 Å². The Morgan fingerprint density at radius 3 is 2.53 bits per heavy atom. The summed E-state index contributed by atoms with van der Waals surface area (Å²) in [6, 6.07) is -0.716. The molecule has 15 heavy (non-hydrogen) atoms. The van der Waals surface area contributed by atoms with E-state index in [-0.39, 0.29) is 0 Å². The predicted octanol–water partition coefficient (Wildman–Crippen LogP) is -0.293. The van der Waals surface area contributed by atoms with Gasteiger partial charge in [0.05, 0.1) is 6.04 Å². The van der Waals surface area contributed by atoms with E-state index < -0.39 is 25.3 Å². The molecule has 0 aromatic heterocycles. The van der Waals surface area contributed by atoms with Crippen LogP contribution in [0, 0.1) is 0 Å². The van der Waals surface area contributed by atoms with E-state index in [2.05, 4.69) is 5.32 Å². The molecule has 0 unspecified atom stereocenters. The molecule has 1 amide bonds. The fourth-order valence-electron chi connectivity index (χ4n) is 0.773. The van der Waals surface area contributed by atoms with E-state index in [9.17, 15) is 9.36 Å². The molecule has 0 aliphatic carbocycles. The Kier molecular flexibility index (Phi) is 6.47. The van der Waals surface area contributed by atoms with E-state index in [0.717, 1.165) is 5.75 Å². The molecule has 0 bridgehead atoms. The molecule has 5 N–H and O–H groups in total. The molecule has 6 nitrogen and oxygen atoms in total. The van der Waals surface area contributed by atoms with Gasteiger partial charge in [-0.15, -0.1) is 0 Å². The van der Waals surface area contributed by atoms with Crippen molar-refractivity contribution in [2.45, 2.75) is 25.2 Å². The number of hydrogen-bond acceptors (Lipinski definition) is 4. The van der Waals surface area contributed by atoms with Crippen molar-refractivity contribution >= 4 is 25.3 Å². The van der Waals surface area contributed by atoms with E-state index in [4.69, 9.17) is 15.5 Å². The molecule has 0 aliphatic heterocycles. The monoisotopic (exact) mass is 256 g/mol. The normalized spacial score (nSPS) is 15.8. The van der Waals surface area contributed by atoms with E-state index >= 15 is 0 Å². The fraction of sp³-hybridized carbons (Fsp3) is 0.857. The summed E-state index contributed by atoms with van der Waals surface area (Å²) in [5.74, 6) is -0.982. The minimum atomic E-state index is -4.27. The largest absolute Gasteiger partial charge is 0.347 e. The third kappa shape index (κ3) is 6.17. The van der Waals surface area contributed by atoms with Gasteiger partial charge < -0.3 is 20.8 Å². The predicted molar refractivity (Wildman–Crippen MR) is 60.6 cm³/mol. The average Bonchev–Trinajstić information content (AvgIpc) is 2.12. The van der Waals surface area contributed by atoms with Gasteiger partial charge in [0.25, 0.3) is 0 Å². The average molecular weight is 256 g/mol. The summed E-state index contributed by atoms with van der Waals surface area (Å²) in [6.07, 6.45) is 2.38. The van der Waals surface area contributed by atoms with Crippen molar-refractivity contribution in [3.8, 4) is 0 Å². The molecule has 0 radical (unpaired) electrons. The molecule has 8 heteroatoms. The van der Waals surface area contributed by atoms with Crippen molar-refractivity contribution in [1.29, 1.82) is 0 Å². The first kappa shape index (κ1) is 14.9. The van der Waals surface area contributed by atoms with E-state index in [1.807, 2.05) is 6.26 Å². The maximum absolute atomic E-state index is 11.3. The number of nitrogens with two attached hydrogens (primary N) is 1. The summed E-state index contributed by atoms with van der Waals surface area (Å²) in [5.41, 5.74) is 5.52. The second kappa shape index (κ2) is 6.50. The van der Waals surface area contributed by atoms with Crippen LogP contribution in [0.5, 0.6) is 0 Å². The Bertz CT molecular complexity index is 257. The maximum Gasteiger partial charge on any atom is 0.347 e. The van der Waals surface area contributed by atoms with Gasteiger partial charge in [-0.3, -0.25) is 9.36 Å². The molecular formula is C7H17N2O4PS. The van der Waals surface area contributed by atoms with Crippen molar-refractivity contribution in [2.75, 3.05) is 12.0 Å². The Labute approximate surface area is 93.2 Å². The van der Waals surface area contributed by atoms with Gasteiger partial charge in [-0.2, -0.15) is 11.8 Å². The number of thioether (sulfide) groups is 1. The first-order valence-corrected chi connectivity index (χ1v) is 7.46. The third-order valence-corrected chi connectivity index (χ3v) is 3.61. The highest BCUT2D eigenvalue weighted by molar-refractivity contribution is 7.98. The zero-order chi connectivity index (χ0) is 12.1. The summed E-state index contributed by atoms with van der Waals surface area (Å²) in [4.78, 5) is 28.8. The Balaban J connectivity index is 4.08. The topological polar surface area (TPSA) is 113 Å². The SMILES string of the molecule is CSCC[C@H](N)C(=O)N[C@H](C)P(=O)(O)O. The molecule has 0 saturated carbocycles. The lowest BCUT2D eigenvalue weighted by molar-refractivity contribution is -0.122. The van der Waals surface area contributed by atoms with E-state index in [0.29, 0.717) is 6.42 Å². The van der Waals surface area contributed by atoms with Crippen molar-refractivity contribution in [1.82, 2.24) is 5.32 Å². The number of carbonyl (C=O) groups is 1. The number of nitrogens with one attached hydrogen (secondary N) is 1. The Morgan fingerprint density at radius 1 is 1.60 bits per heavy atom. The van der Waals surface area contributed by atoms with E-state index in [1.54, 1.807) is 11.8 Å². The maximum atomic E-state index is 11.3. The van der Waals surface area contributed by atoms with Crippen LogP contribution in [0.1, 0.15) is 13.3 Å². The molecule has 0 spiro atoms. The molecule has 0 aromatic rings. The summed E-state index contributed by atoms with van der Waals surface area (Å²) in [5, 5.41) is 2.19. The van der Waals surface area contributed by atoms with Gasteiger partial charge in [0.1, 0.15) is 5.78 Å². The van der Waals surface area contributed by atoms with Gasteiger partial charge in [-0.25, -0.2) is 0 Å². The standard InChI is InChI=1S/C7H17N2O4PS/c1-5(14(11,12)13)9-7(10)6(8)3-4-15-2/h5-6H,3-4,8H2,1-2H3,(H,9,10)(H2,11,12,13)/t5-,6-/m0/s1. The van der Waals surface area contributed by atoms with Gasteiger partial charge in [-0.1, -0.05) is 0 Å².